The number of fused-ring (bicyclic) bond motifs is 1. The van der Waals surface area contributed by atoms with E-state index in [-0.39, 0.29) is 5.91 Å². The van der Waals surface area contributed by atoms with Crippen LogP contribution in [-0.2, 0) is 17.8 Å². The molecule has 0 spiro atoms. The molecule has 2 aromatic heterocycles. The van der Waals surface area contributed by atoms with Crippen molar-refractivity contribution in [2.75, 3.05) is 39.4 Å². The minimum atomic E-state index is -0.218. The van der Waals surface area contributed by atoms with Crippen molar-refractivity contribution in [2.45, 2.75) is 19.1 Å². The maximum Gasteiger partial charge on any atom is 0.287 e. The van der Waals surface area contributed by atoms with Gasteiger partial charge in [0.25, 0.3) is 5.91 Å². The molecule has 1 aromatic carbocycles. The molecule has 1 amide bonds. The number of pyridine rings is 1. The molecule has 3 aromatic rings. The van der Waals surface area contributed by atoms with Crippen molar-refractivity contribution in [3.05, 3.63) is 65.7 Å². The van der Waals surface area contributed by atoms with E-state index in [9.17, 15) is 4.79 Å². The fraction of sp³-hybridized carbons (Fsp3) is 0.391. The second-order valence-corrected chi connectivity index (χ2v) is 8.03. The summed E-state index contributed by atoms with van der Waals surface area (Å²) in [4.78, 5) is 21.4. The minimum absolute atomic E-state index is 0.218. The molecule has 2 aliphatic rings. The fourth-order valence-electron chi connectivity index (χ4n) is 4.01. The van der Waals surface area contributed by atoms with Gasteiger partial charge in [0.1, 0.15) is 0 Å². The standard InChI is InChI=1S/C23H26N4O3/c28-23(21-11-19-5-6-24-13-22(19)30-21)25-12-17-1-3-18(4-2-17)14-26-7-9-27(10-8-26)20-15-29-16-20/h1-6,11,13,20H,7-10,12,14-16H2,(H,25,28). The third kappa shape index (κ3) is 4.23. The average molecular weight is 406 g/mol. The summed E-state index contributed by atoms with van der Waals surface area (Å²) in [7, 11) is 0. The number of aromatic nitrogens is 1. The molecule has 7 heteroatoms. The first kappa shape index (κ1) is 19.2. The zero-order valence-corrected chi connectivity index (χ0v) is 16.9. The maximum absolute atomic E-state index is 12.4. The van der Waals surface area contributed by atoms with E-state index in [1.807, 2.05) is 6.07 Å². The van der Waals surface area contributed by atoms with Crippen LogP contribution in [0.3, 0.4) is 0 Å². The number of hydrogen-bond acceptors (Lipinski definition) is 6. The summed E-state index contributed by atoms with van der Waals surface area (Å²) in [5, 5.41) is 3.80. The molecule has 0 radical (unpaired) electrons. The van der Waals surface area contributed by atoms with Crippen molar-refractivity contribution >= 4 is 16.9 Å². The Labute approximate surface area is 175 Å². The third-order valence-electron chi connectivity index (χ3n) is 5.97. The Morgan fingerprint density at radius 1 is 1.07 bits per heavy atom. The van der Waals surface area contributed by atoms with Crippen molar-refractivity contribution < 1.29 is 13.9 Å². The number of carbonyl (C=O) groups is 1. The number of nitrogens with one attached hydrogen (secondary N) is 1. The zero-order chi connectivity index (χ0) is 20.3. The predicted octanol–water partition coefficient (Wildman–Crippen LogP) is 2.27. The second-order valence-electron chi connectivity index (χ2n) is 8.03. The van der Waals surface area contributed by atoms with Crippen molar-refractivity contribution in [1.29, 1.82) is 0 Å². The van der Waals surface area contributed by atoms with E-state index in [1.165, 1.54) is 5.56 Å². The Bertz CT molecular complexity index is 972. The minimum Gasteiger partial charge on any atom is -0.449 e. The normalized spacial score (nSPS) is 18.4. The first-order valence-corrected chi connectivity index (χ1v) is 10.5. The number of nitrogens with zero attached hydrogens (tertiary/aromatic N) is 3. The average Bonchev–Trinajstić information content (AvgIpc) is 3.18. The lowest BCUT2D eigenvalue weighted by molar-refractivity contribution is -0.0774. The molecule has 2 fully saturated rings. The Morgan fingerprint density at radius 3 is 2.53 bits per heavy atom. The van der Waals surface area contributed by atoms with Crippen molar-refractivity contribution in [1.82, 2.24) is 20.1 Å². The number of carbonyl (C=O) groups excluding carboxylic acids is 1. The van der Waals surface area contributed by atoms with Gasteiger partial charge in [0.2, 0.25) is 0 Å². The highest BCUT2D eigenvalue weighted by molar-refractivity contribution is 5.95. The van der Waals surface area contributed by atoms with Crippen molar-refractivity contribution in [3.8, 4) is 0 Å². The molecular weight excluding hydrogens is 380 g/mol. The number of ether oxygens (including phenoxy) is 1. The topological polar surface area (TPSA) is 70.8 Å². The molecule has 0 bridgehead atoms. The van der Waals surface area contributed by atoms with Gasteiger partial charge in [-0.1, -0.05) is 24.3 Å². The predicted molar refractivity (Wildman–Crippen MR) is 113 cm³/mol. The SMILES string of the molecule is O=C(NCc1ccc(CN2CCN(C3COC3)CC2)cc1)c1cc2ccncc2o1. The molecule has 0 saturated carbocycles. The summed E-state index contributed by atoms with van der Waals surface area (Å²) in [5.41, 5.74) is 2.99. The number of rotatable bonds is 6. The molecule has 0 aliphatic carbocycles. The van der Waals surface area contributed by atoms with E-state index < -0.39 is 0 Å². The van der Waals surface area contributed by atoms with E-state index in [0.29, 0.717) is 23.9 Å². The van der Waals surface area contributed by atoms with E-state index in [4.69, 9.17) is 9.15 Å². The Hall–Kier alpha value is -2.74. The van der Waals surface area contributed by atoms with Gasteiger partial charge in [0.05, 0.1) is 25.5 Å². The van der Waals surface area contributed by atoms with Crippen LogP contribution in [0.25, 0.3) is 11.0 Å². The van der Waals surface area contributed by atoms with Crippen LogP contribution >= 0.6 is 0 Å². The quantitative estimate of drug-likeness (QED) is 0.677. The van der Waals surface area contributed by atoms with E-state index >= 15 is 0 Å². The third-order valence-corrected chi connectivity index (χ3v) is 5.97. The van der Waals surface area contributed by atoms with Gasteiger partial charge in [-0.3, -0.25) is 19.6 Å². The summed E-state index contributed by atoms with van der Waals surface area (Å²) < 4.78 is 10.9. The largest absolute Gasteiger partial charge is 0.449 e. The Balaban J connectivity index is 1.10. The van der Waals surface area contributed by atoms with Crippen LogP contribution in [0.5, 0.6) is 0 Å². The highest BCUT2D eigenvalue weighted by atomic mass is 16.5. The summed E-state index contributed by atoms with van der Waals surface area (Å²) in [5.74, 6) is 0.0900. The van der Waals surface area contributed by atoms with Gasteiger partial charge in [0.15, 0.2) is 11.3 Å². The first-order valence-electron chi connectivity index (χ1n) is 10.5. The molecular formula is C23H26N4O3. The number of benzene rings is 1. The molecule has 2 saturated heterocycles. The molecule has 2 aliphatic heterocycles. The van der Waals surface area contributed by atoms with Gasteiger partial charge < -0.3 is 14.5 Å². The van der Waals surface area contributed by atoms with Crippen LogP contribution in [0.1, 0.15) is 21.7 Å². The van der Waals surface area contributed by atoms with Crippen molar-refractivity contribution in [2.24, 2.45) is 0 Å². The summed E-state index contributed by atoms with van der Waals surface area (Å²) in [6, 6.07) is 12.7. The van der Waals surface area contributed by atoms with Crippen LogP contribution in [-0.4, -0.2) is 66.1 Å². The Morgan fingerprint density at radius 2 is 1.83 bits per heavy atom. The van der Waals surface area contributed by atoms with E-state index in [2.05, 4.69) is 44.4 Å². The second kappa shape index (κ2) is 8.55. The van der Waals surface area contributed by atoms with Gasteiger partial charge in [-0.05, 0) is 23.3 Å². The van der Waals surface area contributed by atoms with Gasteiger partial charge >= 0.3 is 0 Å². The van der Waals surface area contributed by atoms with E-state index in [1.54, 1.807) is 18.5 Å². The van der Waals surface area contributed by atoms with Gasteiger partial charge in [-0.2, -0.15) is 0 Å². The highest BCUT2D eigenvalue weighted by Gasteiger charge is 2.28. The molecule has 5 rings (SSSR count). The zero-order valence-electron chi connectivity index (χ0n) is 16.9. The molecule has 7 nitrogen and oxygen atoms in total. The number of piperazine rings is 1. The first-order chi connectivity index (χ1) is 14.7. The van der Waals surface area contributed by atoms with Crippen LogP contribution < -0.4 is 5.32 Å². The fourth-order valence-corrected chi connectivity index (χ4v) is 4.01. The summed E-state index contributed by atoms with van der Waals surface area (Å²) >= 11 is 0. The number of hydrogen-bond donors (Lipinski definition) is 1. The van der Waals surface area contributed by atoms with E-state index in [0.717, 1.165) is 56.9 Å². The number of amides is 1. The van der Waals surface area contributed by atoms with Gasteiger partial charge in [0, 0.05) is 50.9 Å². The molecule has 4 heterocycles. The summed E-state index contributed by atoms with van der Waals surface area (Å²) in [6.45, 7) is 7.66. The molecule has 30 heavy (non-hydrogen) atoms. The van der Waals surface area contributed by atoms with Crippen molar-refractivity contribution in [3.63, 3.8) is 0 Å². The van der Waals surface area contributed by atoms with Gasteiger partial charge in [-0.15, -0.1) is 0 Å². The highest BCUT2D eigenvalue weighted by Crippen LogP contribution is 2.18. The van der Waals surface area contributed by atoms with Crippen LogP contribution in [0, 0.1) is 0 Å². The van der Waals surface area contributed by atoms with Crippen LogP contribution in [0.15, 0.2) is 53.2 Å². The smallest absolute Gasteiger partial charge is 0.287 e. The lowest BCUT2D eigenvalue weighted by Gasteiger charge is -2.42. The summed E-state index contributed by atoms with van der Waals surface area (Å²) in [6.07, 6.45) is 3.30. The number of furan rings is 1. The molecule has 1 N–H and O–H groups in total. The molecule has 0 atom stereocenters. The lowest BCUT2D eigenvalue weighted by atomic mass is 10.1. The molecule has 0 unspecified atom stereocenters. The lowest BCUT2D eigenvalue weighted by Crippen LogP contribution is -2.56. The monoisotopic (exact) mass is 406 g/mol. The van der Waals surface area contributed by atoms with Crippen LogP contribution in [0.4, 0.5) is 0 Å². The maximum atomic E-state index is 12.4. The van der Waals surface area contributed by atoms with Gasteiger partial charge in [-0.25, -0.2) is 0 Å². The van der Waals surface area contributed by atoms with Crippen LogP contribution in [0.2, 0.25) is 0 Å². The molecule has 156 valence electrons. The Kier molecular flexibility index (Phi) is 5.48.